The fraction of sp³-hybridized carbons (Fsp3) is 0.0556. The molecule has 0 fully saturated rings. The summed E-state index contributed by atoms with van der Waals surface area (Å²) >= 11 is 11.5. The zero-order valence-electron chi connectivity index (χ0n) is 13.4. The van der Waals surface area contributed by atoms with E-state index in [1.165, 1.54) is 6.20 Å². The highest BCUT2D eigenvalue weighted by atomic mass is 35.5. The Morgan fingerprint density at radius 2 is 1.81 bits per heavy atom. The molecule has 1 heterocycles. The van der Waals surface area contributed by atoms with Gasteiger partial charge >= 0.3 is 0 Å². The molecule has 1 aromatic heterocycles. The van der Waals surface area contributed by atoms with Crippen molar-refractivity contribution >= 4 is 34.8 Å². The van der Waals surface area contributed by atoms with Crippen LogP contribution < -0.4 is 15.6 Å². The molecule has 2 aromatic carbocycles. The number of hydrogen-bond donors (Lipinski definition) is 1. The highest BCUT2D eigenvalue weighted by Crippen LogP contribution is 2.23. The molecule has 8 heteroatoms. The van der Waals surface area contributed by atoms with Crippen LogP contribution >= 0.6 is 23.2 Å². The van der Waals surface area contributed by atoms with Gasteiger partial charge in [0, 0.05) is 11.8 Å². The van der Waals surface area contributed by atoms with E-state index in [1.807, 2.05) is 30.3 Å². The number of halogens is 2. The van der Waals surface area contributed by atoms with Crippen molar-refractivity contribution in [3.8, 4) is 11.5 Å². The molecule has 0 saturated heterocycles. The first-order valence-electron chi connectivity index (χ1n) is 7.57. The SMILES string of the molecule is O=C(Cn1ncc(Cl)c(Cl)c1=O)Nc1cccc(Oc2ccccc2)c1. The molecule has 3 aromatic rings. The minimum atomic E-state index is -0.629. The van der Waals surface area contributed by atoms with Crippen LogP contribution in [-0.2, 0) is 11.3 Å². The number of benzene rings is 2. The van der Waals surface area contributed by atoms with Gasteiger partial charge in [0.1, 0.15) is 23.1 Å². The number of amides is 1. The Hall–Kier alpha value is -2.83. The minimum Gasteiger partial charge on any atom is -0.457 e. The Bertz CT molecular complexity index is 990. The van der Waals surface area contributed by atoms with Crippen molar-refractivity contribution in [2.45, 2.75) is 6.54 Å². The van der Waals surface area contributed by atoms with Gasteiger partial charge in [-0.15, -0.1) is 0 Å². The van der Waals surface area contributed by atoms with Gasteiger partial charge in [-0.2, -0.15) is 5.10 Å². The monoisotopic (exact) mass is 389 g/mol. The number of nitrogens with zero attached hydrogens (tertiary/aromatic N) is 2. The Labute approximate surface area is 158 Å². The van der Waals surface area contributed by atoms with Gasteiger partial charge in [-0.25, -0.2) is 4.68 Å². The molecule has 0 spiro atoms. The molecular formula is C18H13Cl2N3O3. The third-order valence-corrected chi connectivity index (χ3v) is 4.08. The number of aromatic nitrogens is 2. The summed E-state index contributed by atoms with van der Waals surface area (Å²) in [5, 5.41) is 6.35. The summed E-state index contributed by atoms with van der Waals surface area (Å²) in [6.45, 7) is -0.292. The van der Waals surface area contributed by atoms with E-state index in [0.717, 1.165) is 4.68 Å². The van der Waals surface area contributed by atoms with Gasteiger partial charge in [0.2, 0.25) is 5.91 Å². The van der Waals surface area contributed by atoms with E-state index in [9.17, 15) is 9.59 Å². The molecule has 0 unspecified atom stereocenters. The van der Waals surface area contributed by atoms with Gasteiger partial charge in [0.25, 0.3) is 5.56 Å². The van der Waals surface area contributed by atoms with Crippen LogP contribution in [0.5, 0.6) is 11.5 Å². The minimum absolute atomic E-state index is 0.0408. The van der Waals surface area contributed by atoms with E-state index in [1.54, 1.807) is 24.3 Å². The number of hydrogen-bond acceptors (Lipinski definition) is 4. The standard InChI is InChI=1S/C18H13Cl2N3O3/c19-15-10-21-23(18(25)17(15)20)11-16(24)22-12-5-4-8-14(9-12)26-13-6-2-1-3-7-13/h1-10H,11H2,(H,22,24). The molecule has 0 atom stereocenters. The zero-order valence-corrected chi connectivity index (χ0v) is 14.9. The smallest absolute Gasteiger partial charge is 0.287 e. The van der Waals surface area contributed by atoms with Crippen LogP contribution in [0.2, 0.25) is 10.0 Å². The van der Waals surface area contributed by atoms with Gasteiger partial charge in [-0.1, -0.05) is 47.5 Å². The Kier molecular flexibility index (Phi) is 5.55. The molecule has 0 aliphatic carbocycles. The summed E-state index contributed by atoms with van der Waals surface area (Å²) in [5.74, 6) is 0.816. The van der Waals surface area contributed by atoms with E-state index < -0.39 is 11.5 Å². The van der Waals surface area contributed by atoms with Crippen molar-refractivity contribution in [1.82, 2.24) is 9.78 Å². The van der Waals surface area contributed by atoms with Gasteiger partial charge in [-0.3, -0.25) is 9.59 Å². The molecule has 0 saturated carbocycles. The normalized spacial score (nSPS) is 10.4. The van der Waals surface area contributed by atoms with E-state index in [4.69, 9.17) is 27.9 Å². The molecular weight excluding hydrogens is 377 g/mol. The molecule has 1 N–H and O–H groups in total. The lowest BCUT2D eigenvalue weighted by Gasteiger charge is -2.09. The van der Waals surface area contributed by atoms with Crippen LogP contribution in [0.1, 0.15) is 0 Å². The zero-order chi connectivity index (χ0) is 18.5. The summed E-state index contributed by atoms with van der Waals surface area (Å²) in [6, 6.07) is 16.2. The second-order valence-electron chi connectivity index (χ2n) is 5.26. The Balaban J connectivity index is 1.69. The number of carbonyl (C=O) groups is 1. The highest BCUT2D eigenvalue weighted by molar-refractivity contribution is 6.41. The average Bonchev–Trinajstić information content (AvgIpc) is 2.63. The summed E-state index contributed by atoms with van der Waals surface area (Å²) in [4.78, 5) is 24.1. The van der Waals surface area contributed by atoms with Gasteiger partial charge in [-0.05, 0) is 24.3 Å². The van der Waals surface area contributed by atoms with Crippen molar-refractivity contribution < 1.29 is 9.53 Å². The maximum Gasteiger partial charge on any atom is 0.287 e. The second-order valence-corrected chi connectivity index (χ2v) is 6.05. The molecule has 6 nitrogen and oxygen atoms in total. The molecule has 0 bridgehead atoms. The number of carbonyl (C=O) groups excluding carboxylic acids is 1. The molecule has 132 valence electrons. The molecule has 0 radical (unpaired) electrons. The van der Waals surface area contributed by atoms with Crippen molar-refractivity contribution in [3.63, 3.8) is 0 Å². The predicted octanol–water partition coefficient (Wildman–Crippen LogP) is 3.98. The van der Waals surface area contributed by atoms with E-state index in [0.29, 0.717) is 17.2 Å². The maximum atomic E-state index is 12.2. The third-order valence-electron chi connectivity index (χ3n) is 3.33. The van der Waals surface area contributed by atoms with Crippen molar-refractivity contribution in [3.05, 3.63) is 81.2 Å². The first-order chi connectivity index (χ1) is 12.5. The van der Waals surface area contributed by atoms with Gasteiger partial charge in [0.05, 0.1) is 11.2 Å². The van der Waals surface area contributed by atoms with Crippen LogP contribution in [0.15, 0.2) is 65.6 Å². The average molecular weight is 390 g/mol. The number of para-hydroxylation sites is 1. The van der Waals surface area contributed by atoms with Gasteiger partial charge in [0.15, 0.2) is 0 Å². The summed E-state index contributed by atoms with van der Waals surface area (Å²) in [6.07, 6.45) is 1.22. The Morgan fingerprint density at radius 1 is 1.08 bits per heavy atom. The molecule has 26 heavy (non-hydrogen) atoms. The largest absolute Gasteiger partial charge is 0.457 e. The lowest BCUT2D eigenvalue weighted by atomic mass is 10.3. The van der Waals surface area contributed by atoms with Gasteiger partial charge < -0.3 is 10.1 Å². The maximum absolute atomic E-state index is 12.2. The van der Waals surface area contributed by atoms with Crippen molar-refractivity contribution in [2.24, 2.45) is 0 Å². The second kappa shape index (κ2) is 8.03. The molecule has 0 aliphatic heterocycles. The fourth-order valence-electron chi connectivity index (χ4n) is 2.16. The van der Waals surface area contributed by atoms with Crippen LogP contribution in [0.3, 0.4) is 0 Å². The number of rotatable bonds is 5. The predicted molar refractivity (Wildman–Crippen MR) is 100 cm³/mol. The summed E-state index contributed by atoms with van der Waals surface area (Å²) in [7, 11) is 0. The summed E-state index contributed by atoms with van der Waals surface area (Å²) < 4.78 is 6.65. The Morgan fingerprint density at radius 3 is 2.58 bits per heavy atom. The van der Waals surface area contributed by atoms with Crippen LogP contribution in [-0.4, -0.2) is 15.7 Å². The van der Waals surface area contributed by atoms with Crippen LogP contribution in [0, 0.1) is 0 Å². The van der Waals surface area contributed by atoms with E-state index in [-0.39, 0.29) is 16.6 Å². The number of nitrogens with one attached hydrogen (secondary N) is 1. The van der Waals surface area contributed by atoms with E-state index >= 15 is 0 Å². The van der Waals surface area contributed by atoms with E-state index in [2.05, 4.69) is 10.4 Å². The third kappa shape index (κ3) is 4.41. The topological polar surface area (TPSA) is 73.2 Å². The summed E-state index contributed by atoms with van der Waals surface area (Å²) in [5.41, 5.74) is -0.105. The fourth-order valence-corrected chi connectivity index (χ4v) is 2.43. The van der Waals surface area contributed by atoms with Crippen molar-refractivity contribution in [2.75, 3.05) is 5.32 Å². The quantitative estimate of drug-likeness (QED) is 0.715. The lowest BCUT2D eigenvalue weighted by Crippen LogP contribution is -2.29. The first kappa shape index (κ1) is 18.0. The molecule has 0 aliphatic rings. The first-order valence-corrected chi connectivity index (χ1v) is 8.32. The number of anilines is 1. The molecule has 3 rings (SSSR count). The highest BCUT2D eigenvalue weighted by Gasteiger charge is 2.11. The van der Waals surface area contributed by atoms with Crippen molar-refractivity contribution in [1.29, 1.82) is 0 Å². The van der Waals surface area contributed by atoms with Crippen LogP contribution in [0.25, 0.3) is 0 Å². The lowest BCUT2D eigenvalue weighted by molar-refractivity contribution is -0.117. The molecule has 1 amide bonds. The van der Waals surface area contributed by atoms with Crippen LogP contribution in [0.4, 0.5) is 5.69 Å². The number of ether oxygens (including phenoxy) is 1.